The van der Waals surface area contributed by atoms with Crippen LogP contribution in [-0.4, -0.2) is 39.1 Å². The normalized spacial score (nSPS) is 18.7. The maximum atomic E-state index is 12.9. The predicted molar refractivity (Wildman–Crippen MR) is 103 cm³/mol. The van der Waals surface area contributed by atoms with Gasteiger partial charge in [-0.3, -0.25) is 14.5 Å². The van der Waals surface area contributed by atoms with Crippen molar-refractivity contribution in [3.63, 3.8) is 0 Å². The summed E-state index contributed by atoms with van der Waals surface area (Å²) in [7, 11) is 0. The van der Waals surface area contributed by atoms with Crippen molar-refractivity contribution in [1.29, 1.82) is 0 Å². The Kier molecular flexibility index (Phi) is 4.63. The van der Waals surface area contributed by atoms with Crippen LogP contribution in [0.15, 0.2) is 65.4 Å². The molecule has 0 radical (unpaired) electrons. The van der Waals surface area contributed by atoms with Gasteiger partial charge in [0.25, 0.3) is 5.91 Å². The van der Waals surface area contributed by atoms with Crippen molar-refractivity contribution in [2.45, 2.75) is 19.0 Å². The molecule has 1 aromatic carbocycles. The van der Waals surface area contributed by atoms with Crippen molar-refractivity contribution in [1.82, 2.24) is 20.0 Å². The first-order chi connectivity index (χ1) is 14.0. The number of nitrogens with zero attached hydrogens (tertiary/aromatic N) is 3. The van der Waals surface area contributed by atoms with Crippen LogP contribution >= 0.6 is 0 Å². The van der Waals surface area contributed by atoms with Crippen LogP contribution in [0.1, 0.15) is 18.2 Å². The van der Waals surface area contributed by atoms with Crippen LogP contribution in [0.4, 0.5) is 10.6 Å². The topological polar surface area (TPSA) is 109 Å². The number of furan rings is 1. The summed E-state index contributed by atoms with van der Waals surface area (Å²) in [6.07, 6.45) is 3.09. The molecule has 9 nitrogen and oxygen atoms in total. The number of nitrogens with one attached hydrogen (secondary N) is 2. The second-order valence-corrected chi connectivity index (χ2v) is 6.81. The average Bonchev–Trinajstić information content (AvgIpc) is 3.42. The Labute approximate surface area is 166 Å². The molecule has 1 aliphatic heterocycles. The molecule has 0 aliphatic carbocycles. The Bertz CT molecular complexity index is 1040. The fourth-order valence-corrected chi connectivity index (χ4v) is 3.25. The zero-order chi connectivity index (χ0) is 20.4. The van der Waals surface area contributed by atoms with Crippen LogP contribution in [0.5, 0.6) is 0 Å². The third-order valence-corrected chi connectivity index (χ3v) is 4.80. The number of aromatic nitrogens is 2. The van der Waals surface area contributed by atoms with Crippen molar-refractivity contribution >= 4 is 23.7 Å². The van der Waals surface area contributed by atoms with Gasteiger partial charge >= 0.3 is 6.03 Å². The molecule has 2 aromatic heterocycles. The Hall–Kier alpha value is -3.88. The Balaban J connectivity index is 1.45. The monoisotopic (exact) mass is 393 g/mol. The lowest BCUT2D eigenvalue weighted by molar-refractivity contribution is -0.133. The maximum Gasteiger partial charge on any atom is 0.325 e. The highest BCUT2D eigenvalue weighted by molar-refractivity contribution is 6.10. The highest BCUT2D eigenvalue weighted by Gasteiger charge is 2.49. The van der Waals surface area contributed by atoms with Crippen LogP contribution in [-0.2, 0) is 21.7 Å². The minimum atomic E-state index is -1.21. The first kappa shape index (κ1) is 18.5. The maximum absolute atomic E-state index is 12.9. The van der Waals surface area contributed by atoms with E-state index in [1.54, 1.807) is 66.5 Å². The fourth-order valence-electron chi connectivity index (χ4n) is 3.25. The van der Waals surface area contributed by atoms with E-state index >= 15 is 0 Å². The van der Waals surface area contributed by atoms with Gasteiger partial charge in [0.1, 0.15) is 30.2 Å². The zero-order valence-corrected chi connectivity index (χ0v) is 15.7. The number of carbonyl (C=O) groups is 3. The van der Waals surface area contributed by atoms with E-state index in [0.29, 0.717) is 23.7 Å². The van der Waals surface area contributed by atoms with Gasteiger partial charge in [-0.05, 0) is 24.6 Å². The van der Waals surface area contributed by atoms with E-state index in [1.807, 2.05) is 6.07 Å². The first-order valence-corrected chi connectivity index (χ1v) is 9.01. The Morgan fingerprint density at radius 3 is 2.69 bits per heavy atom. The molecule has 0 saturated carbocycles. The molecule has 4 rings (SSSR count). The van der Waals surface area contributed by atoms with E-state index in [-0.39, 0.29) is 0 Å². The van der Waals surface area contributed by atoms with E-state index in [4.69, 9.17) is 4.42 Å². The molecular weight excluding hydrogens is 374 g/mol. The van der Waals surface area contributed by atoms with Gasteiger partial charge in [0.2, 0.25) is 5.91 Å². The number of anilines is 1. The summed E-state index contributed by atoms with van der Waals surface area (Å²) in [6, 6.07) is 13.5. The lowest BCUT2D eigenvalue weighted by Gasteiger charge is -2.22. The van der Waals surface area contributed by atoms with Gasteiger partial charge in [0.15, 0.2) is 0 Å². The summed E-state index contributed by atoms with van der Waals surface area (Å²) in [5, 5.41) is 9.51. The van der Waals surface area contributed by atoms with Crippen LogP contribution in [0.25, 0.3) is 0 Å². The van der Waals surface area contributed by atoms with Gasteiger partial charge in [0, 0.05) is 6.07 Å². The van der Waals surface area contributed by atoms with Crippen molar-refractivity contribution < 1.29 is 18.8 Å². The molecule has 2 N–H and O–H groups in total. The minimum absolute atomic E-state index is 0.338. The largest absolute Gasteiger partial charge is 0.467 e. The summed E-state index contributed by atoms with van der Waals surface area (Å²) in [5.41, 5.74) is -0.558. The smallest absolute Gasteiger partial charge is 0.325 e. The van der Waals surface area contributed by atoms with Crippen LogP contribution < -0.4 is 10.6 Å². The molecule has 0 spiro atoms. The van der Waals surface area contributed by atoms with E-state index < -0.39 is 29.9 Å². The average molecular weight is 393 g/mol. The number of imide groups is 1. The number of urea groups is 1. The molecule has 1 atom stereocenters. The number of amides is 4. The third-order valence-electron chi connectivity index (χ3n) is 4.80. The number of hydrogen-bond acceptors (Lipinski definition) is 5. The van der Waals surface area contributed by atoms with Gasteiger partial charge in [-0.15, -0.1) is 0 Å². The zero-order valence-electron chi connectivity index (χ0n) is 15.7. The summed E-state index contributed by atoms with van der Waals surface area (Å²) in [6.45, 7) is 1.56. The second kappa shape index (κ2) is 7.27. The quantitative estimate of drug-likeness (QED) is 0.622. The molecule has 3 aromatic rings. The third kappa shape index (κ3) is 3.49. The highest BCUT2D eigenvalue weighted by atomic mass is 16.3. The Morgan fingerprint density at radius 2 is 1.97 bits per heavy atom. The number of rotatable bonds is 6. The van der Waals surface area contributed by atoms with Crippen LogP contribution in [0.3, 0.4) is 0 Å². The number of benzene rings is 1. The molecule has 1 saturated heterocycles. The van der Waals surface area contributed by atoms with Gasteiger partial charge in [0.05, 0.1) is 12.5 Å². The number of carbonyl (C=O) groups excluding carboxylic acids is 3. The number of hydrogen-bond donors (Lipinski definition) is 2. The fraction of sp³-hybridized carbons (Fsp3) is 0.200. The molecule has 4 amide bonds. The second-order valence-electron chi connectivity index (χ2n) is 6.81. The predicted octanol–water partition coefficient (Wildman–Crippen LogP) is 1.93. The first-order valence-electron chi connectivity index (χ1n) is 9.01. The van der Waals surface area contributed by atoms with E-state index in [1.165, 1.54) is 0 Å². The molecular formula is C20H19N5O4. The molecule has 3 heterocycles. The van der Waals surface area contributed by atoms with E-state index in [2.05, 4.69) is 15.7 Å². The van der Waals surface area contributed by atoms with Crippen molar-refractivity contribution in [3.05, 3.63) is 72.3 Å². The highest BCUT2D eigenvalue weighted by Crippen LogP contribution is 2.28. The summed E-state index contributed by atoms with van der Waals surface area (Å²) in [4.78, 5) is 38.7. The van der Waals surface area contributed by atoms with Crippen molar-refractivity contribution in [3.8, 4) is 0 Å². The molecule has 148 valence electrons. The molecule has 1 fully saturated rings. The SMILES string of the molecule is C[C@]1(c2ccccc2)NC(=O)N(CC(=O)Nc2ccnn2Cc2ccco2)C1=O. The molecule has 0 unspecified atom stereocenters. The molecule has 29 heavy (non-hydrogen) atoms. The Morgan fingerprint density at radius 1 is 1.17 bits per heavy atom. The van der Waals surface area contributed by atoms with Gasteiger partial charge < -0.3 is 15.1 Å². The summed E-state index contributed by atoms with van der Waals surface area (Å²) < 4.78 is 6.84. The van der Waals surface area contributed by atoms with Crippen molar-refractivity contribution in [2.24, 2.45) is 0 Å². The molecule has 1 aliphatic rings. The van der Waals surface area contributed by atoms with Crippen LogP contribution in [0.2, 0.25) is 0 Å². The van der Waals surface area contributed by atoms with Crippen LogP contribution in [0, 0.1) is 0 Å². The standard InChI is InChI=1S/C20H19N5O4/c1-20(14-6-3-2-4-7-14)18(27)24(19(28)23-20)13-17(26)22-16-9-10-21-25(16)12-15-8-5-11-29-15/h2-11H,12-13H2,1H3,(H,22,26)(H,23,28)/t20-/m1/s1. The van der Waals surface area contributed by atoms with Gasteiger partial charge in [-0.1, -0.05) is 30.3 Å². The van der Waals surface area contributed by atoms with Gasteiger partial charge in [-0.25, -0.2) is 9.48 Å². The molecule has 0 bridgehead atoms. The van der Waals surface area contributed by atoms with E-state index in [9.17, 15) is 14.4 Å². The summed E-state index contributed by atoms with van der Waals surface area (Å²) in [5.74, 6) is 0.126. The van der Waals surface area contributed by atoms with Crippen molar-refractivity contribution in [2.75, 3.05) is 11.9 Å². The lowest BCUT2D eigenvalue weighted by Crippen LogP contribution is -2.42. The van der Waals surface area contributed by atoms with Gasteiger partial charge in [-0.2, -0.15) is 5.10 Å². The molecule has 9 heteroatoms. The minimum Gasteiger partial charge on any atom is -0.467 e. The van der Waals surface area contributed by atoms with E-state index in [0.717, 1.165) is 4.90 Å². The summed E-state index contributed by atoms with van der Waals surface area (Å²) >= 11 is 0. The lowest BCUT2D eigenvalue weighted by atomic mass is 9.92.